The van der Waals surface area contributed by atoms with Crippen molar-refractivity contribution >= 4 is 44.8 Å². The maximum atomic E-state index is 12.2. The van der Waals surface area contributed by atoms with Gasteiger partial charge in [-0.25, -0.2) is 13.6 Å². The molecule has 1 amide bonds. The Morgan fingerprint density at radius 2 is 1.96 bits per heavy atom. The van der Waals surface area contributed by atoms with E-state index in [2.05, 4.69) is 5.32 Å². The minimum Gasteiger partial charge on any atom is -0.495 e. The Kier molecular flexibility index (Phi) is 6.29. The number of methoxy groups -OCH3 is 1. The van der Waals surface area contributed by atoms with Gasteiger partial charge in [0.15, 0.2) is 0 Å². The van der Waals surface area contributed by atoms with Crippen molar-refractivity contribution in [3.05, 3.63) is 52.0 Å². The van der Waals surface area contributed by atoms with Crippen molar-refractivity contribution in [2.75, 3.05) is 12.4 Å². The van der Waals surface area contributed by atoms with Crippen LogP contribution >= 0.6 is 23.2 Å². The second kappa shape index (κ2) is 8.05. The van der Waals surface area contributed by atoms with Gasteiger partial charge in [-0.1, -0.05) is 35.3 Å². The van der Waals surface area contributed by atoms with Crippen LogP contribution in [0.4, 0.5) is 5.69 Å². The van der Waals surface area contributed by atoms with E-state index in [0.717, 1.165) is 5.56 Å². The van der Waals surface area contributed by atoms with Crippen LogP contribution < -0.4 is 15.2 Å². The van der Waals surface area contributed by atoms with Crippen molar-refractivity contribution in [3.8, 4) is 5.75 Å². The fourth-order valence-electron chi connectivity index (χ4n) is 2.16. The van der Waals surface area contributed by atoms with Gasteiger partial charge in [0.25, 0.3) is 0 Å². The number of hydrogen-bond donors (Lipinski definition) is 2. The first-order valence-corrected chi connectivity index (χ1v) is 9.46. The Balaban J connectivity index is 2.13. The largest absolute Gasteiger partial charge is 0.495 e. The maximum absolute atomic E-state index is 12.2. The van der Waals surface area contributed by atoms with E-state index in [1.807, 2.05) is 0 Å². The summed E-state index contributed by atoms with van der Waals surface area (Å²) in [6.45, 7) is 0. The van der Waals surface area contributed by atoms with E-state index in [1.54, 1.807) is 18.2 Å². The summed E-state index contributed by atoms with van der Waals surface area (Å²) < 4.78 is 28.0. The Labute approximate surface area is 155 Å². The van der Waals surface area contributed by atoms with E-state index < -0.39 is 10.0 Å². The third-order valence-corrected chi connectivity index (χ3v) is 5.20. The number of sulfonamides is 1. The number of benzene rings is 2. The smallest absolute Gasteiger partial charge is 0.238 e. The molecule has 0 aliphatic carbocycles. The molecule has 0 fully saturated rings. The van der Waals surface area contributed by atoms with Gasteiger partial charge in [0.2, 0.25) is 15.9 Å². The van der Waals surface area contributed by atoms with Gasteiger partial charge in [0.05, 0.1) is 27.7 Å². The summed E-state index contributed by atoms with van der Waals surface area (Å²) in [5, 5.41) is 8.55. The molecule has 0 heterocycles. The van der Waals surface area contributed by atoms with Crippen LogP contribution in [0.2, 0.25) is 10.0 Å². The highest BCUT2D eigenvalue weighted by Crippen LogP contribution is 2.28. The number of hydrogen-bond acceptors (Lipinski definition) is 4. The average Bonchev–Trinajstić information content (AvgIpc) is 2.55. The molecule has 0 bridgehead atoms. The van der Waals surface area contributed by atoms with E-state index in [1.165, 1.54) is 25.3 Å². The molecule has 2 aromatic carbocycles. The fourth-order valence-corrected chi connectivity index (χ4v) is 3.12. The number of carbonyl (C=O) groups is 1. The Bertz CT molecular complexity index is 901. The molecule has 0 unspecified atom stereocenters. The average molecular weight is 403 g/mol. The molecule has 9 heteroatoms. The van der Waals surface area contributed by atoms with E-state index >= 15 is 0 Å². The molecule has 0 atom stereocenters. The van der Waals surface area contributed by atoms with Crippen molar-refractivity contribution in [3.63, 3.8) is 0 Å². The molecule has 3 N–H and O–H groups in total. The van der Waals surface area contributed by atoms with Crippen LogP contribution in [0, 0.1) is 0 Å². The lowest BCUT2D eigenvalue weighted by atomic mass is 10.1. The molecule has 0 aromatic heterocycles. The van der Waals surface area contributed by atoms with Crippen LogP contribution in [0.1, 0.15) is 12.0 Å². The third kappa shape index (κ3) is 5.09. The lowest BCUT2D eigenvalue weighted by Crippen LogP contribution is -2.16. The molecule has 6 nitrogen and oxygen atoms in total. The zero-order chi connectivity index (χ0) is 18.6. The molecule has 0 aliphatic heterocycles. The van der Waals surface area contributed by atoms with Gasteiger partial charge in [-0.2, -0.15) is 0 Å². The number of halogens is 2. The van der Waals surface area contributed by atoms with Gasteiger partial charge in [-0.05, 0) is 36.2 Å². The van der Waals surface area contributed by atoms with Crippen LogP contribution in [-0.4, -0.2) is 21.4 Å². The second-order valence-electron chi connectivity index (χ2n) is 5.17. The molecule has 134 valence electrons. The summed E-state index contributed by atoms with van der Waals surface area (Å²) in [5.41, 5.74) is 0.964. The quantitative estimate of drug-likeness (QED) is 0.774. The number of nitrogens with two attached hydrogens (primary N) is 1. The minimum absolute atomic E-state index is 0.124. The van der Waals surface area contributed by atoms with Gasteiger partial charge in [-0.3, -0.25) is 4.79 Å². The highest BCUT2D eigenvalue weighted by Gasteiger charge is 2.14. The molecule has 2 rings (SSSR count). The lowest BCUT2D eigenvalue weighted by Gasteiger charge is -2.12. The summed E-state index contributed by atoms with van der Waals surface area (Å²) >= 11 is 12.0. The van der Waals surface area contributed by atoms with Crippen LogP contribution in [-0.2, 0) is 21.2 Å². The van der Waals surface area contributed by atoms with E-state index in [0.29, 0.717) is 22.2 Å². The monoisotopic (exact) mass is 402 g/mol. The molecule has 25 heavy (non-hydrogen) atoms. The van der Waals surface area contributed by atoms with Crippen molar-refractivity contribution in [2.24, 2.45) is 5.14 Å². The van der Waals surface area contributed by atoms with Gasteiger partial charge in [0, 0.05) is 6.42 Å². The summed E-state index contributed by atoms with van der Waals surface area (Å²) in [6.07, 6.45) is 0.505. The molecular formula is C16H16Cl2N2O4S. The number of aryl methyl sites for hydroxylation is 1. The lowest BCUT2D eigenvalue weighted by molar-refractivity contribution is -0.116. The summed E-state index contributed by atoms with van der Waals surface area (Å²) in [4.78, 5) is 12.1. The van der Waals surface area contributed by atoms with Crippen LogP contribution in [0.3, 0.4) is 0 Å². The first-order chi connectivity index (χ1) is 11.7. The zero-order valence-electron chi connectivity index (χ0n) is 13.3. The standard InChI is InChI=1S/C16H16Cl2N2O4S/c1-24-14-7-6-11(25(19,22)23)9-13(14)20-15(21)8-5-10-3-2-4-12(17)16(10)18/h2-4,6-7,9H,5,8H2,1H3,(H,20,21)(H2,19,22,23). The van der Waals surface area contributed by atoms with Gasteiger partial charge < -0.3 is 10.1 Å². The number of primary sulfonamides is 1. The Morgan fingerprint density at radius 1 is 1.24 bits per heavy atom. The van der Waals surface area contributed by atoms with Crippen molar-refractivity contribution in [2.45, 2.75) is 17.7 Å². The predicted octanol–water partition coefficient (Wildman–Crippen LogP) is 3.22. The Morgan fingerprint density at radius 3 is 2.60 bits per heavy atom. The van der Waals surface area contributed by atoms with Gasteiger partial charge >= 0.3 is 0 Å². The number of rotatable bonds is 6. The minimum atomic E-state index is -3.89. The molecular weight excluding hydrogens is 387 g/mol. The maximum Gasteiger partial charge on any atom is 0.238 e. The molecule has 0 spiro atoms. The molecule has 0 radical (unpaired) electrons. The highest BCUT2D eigenvalue weighted by molar-refractivity contribution is 7.89. The first kappa shape index (κ1) is 19.5. The van der Waals surface area contributed by atoms with E-state index in [4.69, 9.17) is 33.1 Å². The topological polar surface area (TPSA) is 98.5 Å². The van der Waals surface area contributed by atoms with E-state index in [9.17, 15) is 13.2 Å². The van der Waals surface area contributed by atoms with Crippen LogP contribution in [0.5, 0.6) is 5.75 Å². The van der Waals surface area contributed by atoms with Crippen LogP contribution in [0.25, 0.3) is 0 Å². The van der Waals surface area contributed by atoms with Gasteiger partial charge in [0.1, 0.15) is 5.75 Å². The second-order valence-corrected chi connectivity index (χ2v) is 7.51. The molecule has 0 saturated heterocycles. The van der Waals surface area contributed by atoms with E-state index in [-0.39, 0.29) is 22.9 Å². The van der Waals surface area contributed by atoms with Gasteiger partial charge in [-0.15, -0.1) is 0 Å². The third-order valence-electron chi connectivity index (χ3n) is 3.43. The molecule has 0 aliphatic rings. The summed E-state index contributed by atoms with van der Waals surface area (Å²) in [7, 11) is -2.48. The SMILES string of the molecule is COc1ccc(S(N)(=O)=O)cc1NC(=O)CCc1cccc(Cl)c1Cl. The number of ether oxygens (including phenoxy) is 1. The highest BCUT2D eigenvalue weighted by atomic mass is 35.5. The normalized spacial score (nSPS) is 11.2. The first-order valence-electron chi connectivity index (χ1n) is 7.16. The number of amides is 1. The van der Waals surface area contributed by atoms with Crippen molar-refractivity contribution < 1.29 is 17.9 Å². The van der Waals surface area contributed by atoms with Crippen molar-refractivity contribution in [1.82, 2.24) is 0 Å². The van der Waals surface area contributed by atoms with Crippen molar-refractivity contribution in [1.29, 1.82) is 0 Å². The molecule has 0 saturated carbocycles. The Hall–Kier alpha value is -1.80. The number of anilines is 1. The number of carbonyl (C=O) groups excluding carboxylic acids is 1. The number of nitrogens with one attached hydrogen (secondary N) is 1. The van der Waals surface area contributed by atoms with Crippen LogP contribution in [0.15, 0.2) is 41.3 Å². The summed E-state index contributed by atoms with van der Waals surface area (Å²) in [5.74, 6) is -0.0116. The molecule has 2 aromatic rings. The fraction of sp³-hybridized carbons (Fsp3) is 0.188. The zero-order valence-corrected chi connectivity index (χ0v) is 15.6. The predicted molar refractivity (Wildman–Crippen MR) is 97.8 cm³/mol. The summed E-state index contributed by atoms with van der Waals surface area (Å²) in [6, 6.07) is 9.16.